The van der Waals surface area contributed by atoms with Crippen molar-refractivity contribution in [1.29, 1.82) is 0 Å². The molecule has 0 radical (unpaired) electrons. The minimum Gasteiger partial charge on any atom is -0.495 e. The molecule has 0 amide bonds. The molecule has 0 atom stereocenters. The standard InChI is InChI=1S/C10H14FN3O2/c1-3-7(2)15-4-5-16-10-13-6-8(11)9(12)14-10/h3,6H,4-5H2,1-2H3,(H2,12,13,14)/b7-3+. The van der Waals surface area contributed by atoms with Crippen LogP contribution in [0.25, 0.3) is 0 Å². The van der Waals surface area contributed by atoms with E-state index in [2.05, 4.69) is 9.97 Å². The van der Waals surface area contributed by atoms with Crippen molar-refractivity contribution < 1.29 is 13.9 Å². The molecule has 2 N–H and O–H groups in total. The van der Waals surface area contributed by atoms with Gasteiger partial charge in [0.1, 0.15) is 13.2 Å². The van der Waals surface area contributed by atoms with Gasteiger partial charge in [0.15, 0.2) is 11.6 Å². The zero-order valence-corrected chi connectivity index (χ0v) is 9.24. The van der Waals surface area contributed by atoms with Crippen molar-refractivity contribution in [3.8, 4) is 6.01 Å². The summed E-state index contributed by atoms with van der Waals surface area (Å²) in [6.45, 7) is 4.36. The van der Waals surface area contributed by atoms with E-state index in [-0.39, 0.29) is 18.4 Å². The second-order valence-electron chi connectivity index (χ2n) is 2.98. The number of rotatable bonds is 5. The Morgan fingerprint density at radius 2 is 2.31 bits per heavy atom. The highest BCUT2D eigenvalue weighted by Crippen LogP contribution is 2.08. The number of allylic oxidation sites excluding steroid dienone is 2. The number of ether oxygens (including phenoxy) is 2. The van der Waals surface area contributed by atoms with Crippen LogP contribution < -0.4 is 10.5 Å². The summed E-state index contributed by atoms with van der Waals surface area (Å²) in [4.78, 5) is 7.23. The van der Waals surface area contributed by atoms with Crippen LogP contribution in [0, 0.1) is 5.82 Å². The molecule has 0 unspecified atom stereocenters. The number of nitrogen functional groups attached to an aromatic ring is 1. The van der Waals surface area contributed by atoms with Gasteiger partial charge in [-0.3, -0.25) is 0 Å². The van der Waals surface area contributed by atoms with Crippen LogP contribution in [-0.4, -0.2) is 23.2 Å². The molecule has 0 spiro atoms. The summed E-state index contributed by atoms with van der Waals surface area (Å²) in [5.41, 5.74) is 5.25. The number of aromatic nitrogens is 2. The number of hydrogen-bond donors (Lipinski definition) is 1. The zero-order valence-electron chi connectivity index (χ0n) is 9.24. The van der Waals surface area contributed by atoms with Crippen LogP contribution in [0.5, 0.6) is 6.01 Å². The molecule has 5 nitrogen and oxygen atoms in total. The predicted octanol–water partition coefficient (Wildman–Crippen LogP) is 1.52. The van der Waals surface area contributed by atoms with Crippen LogP contribution in [0.1, 0.15) is 13.8 Å². The van der Waals surface area contributed by atoms with Crippen LogP contribution in [0.2, 0.25) is 0 Å². The van der Waals surface area contributed by atoms with Crippen molar-refractivity contribution >= 4 is 5.82 Å². The van der Waals surface area contributed by atoms with E-state index < -0.39 is 5.82 Å². The fourth-order valence-corrected chi connectivity index (χ4v) is 0.852. The van der Waals surface area contributed by atoms with Crippen molar-refractivity contribution in [2.45, 2.75) is 13.8 Å². The highest BCUT2D eigenvalue weighted by molar-refractivity contribution is 5.28. The molecule has 0 aliphatic heterocycles. The van der Waals surface area contributed by atoms with Gasteiger partial charge in [-0.2, -0.15) is 4.98 Å². The van der Waals surface area contributed by atoms with E-state index in [0.717, 1.165) is 12.0 Å². The third-order valence-corrected chi connectivity index (χ3v) is 1.80. The Balaban J connectivity index is 2.35. The molecule has 0 aliphatic carbocycles. The Kier molecular flexibility index (Phi) is 4.50. The van der Waals surface area contributed by atoms with Crippen molar-refractivity contribution in [2.24, 2.45) is 0 Å². The average molecular weight is 227 g/mol. The first kappa shape index (κ1) is 12.2. The van der Waals surface area contributed by atoms with Crippen molar-refractivity contribution in [3.05, 3.63) is 23.8 Å². The summed E-state index contributed by atoms with van der Waals surface area (Å²) >= 11 is 0. The molecule has 1 aromatic rings. The summed E-state index contributed by atoms with van der Waals surface area (Å²) in [6, 6.07) is 0.0423. The van der Waals surface area contributed by atoms with Gasteiger partial charge >= 0.3 is 6.01 Å². The Morgan fingerprint density at radius 3 is 2.94 bits per heavy atom. The molecule has 0 fully saturated rings. The van der Waals surface area contributed by atoms with Crippen molar-refractivity contribution in [2.75, 3.05) is 18.9 Å². The third kappa shape index (κ3) is 3.72. The Labute approximate surface area is 93.1 Å². The van der Waals surface area contributed by atoms with E-state index in [4.69, 9.17) is 15.2 Å². The van der Waals surface area contributed by atoms with Gasteiger partial charge in [-0.25, -0.2) is 9.37 Å². The first-order valence-corrected chi connectivity index (χ1v) is 4.80. The van der Waals surface area contributed by atoms with Gasteiger partial charge in [-0.1, -0.05) is 6.08 Å². The smallest absolute Gasteiger partial charge is 0.318 e. The van der Waals surface area contributed by atoms with Gasteiger partial charge in [0.25, 0.3) is 0 Å². The highest BCUT2D eigenvalue weighted by atomic mass is 19.1. The first-order chi connectivity index (χ1) is 7.63. The normalized spacial score (nSPS) is 11.3. The number of nitrogens with zero attached hydrogens (tertiary/aromatic N) is 2. The van der Waals surface area contributed by atoms with Crippen LogP contribution >= 0.6 is 0 Å². The van der Waals surface area contributed by atoms with Crippen LogP contribution in [0.4, 0.5) is 10.2 Å². The van der Waals surface area contributed by atoms with Gasteiger partial charge in [0.2, 0.25) is 0 Å². The molecule has 88 valence electrons. The Morgan fingerprint density at radius 1 is 1.56 bits per heavy atom. The van der Waals surface area contributed by atoms with Gasteiger partial charge in [-0.15, -0.1) is 0 Å². The quantitative estimate of drug-likeness (QED) is 0.610. The molecule has 1 heterocycles. The maximum atomic E-state index is 12.7. The van der Waals surface area contributed by atoms with Gasteiger partial charge < -0.3 is 15.2 Å². The zero-order chi connectivity index (χ0) is 12.0. The summed E-state index contributed by atoms with van der Waals surface area (Å²) in [5, 5.41) is 0. The fraction of sp³-hybridized carbons (Fsp3) is 0.400. The van der Waals surface area contributed by atoms with E-state index >= 15 is 0 Å². The molecule has 0 aromatic carbocycles. The molecule has 6 heteroatoms. The minimum absolute atomic E-state index is 0.0423. The van der Waals surface area contributed by atoms with E-state index in [1.165, 1.54) is 0 Å². The largest absolute Gasteiger partial charge is 0.495 e. The second-order valence-corrected chi connectivity index (χ2v) is 2.98. The molecule has 0 saturated heterocycles. The van der Waals surface area contributed by atoms with Crippen LogP contribution in [0.15, 0.2) is 18.0 Å². The molecule has 1 aromatic heterocycles. The summed E-state index contributed by atoms with van der Waals surface area (Å²) in [7, 11) is 0. The number of nitrogens with two attached hydrogens (primary N) is 1. The van der Waals surface area contributed by atoms with Gasteiger partial charge in [-0.05, 0) is 13.8 Å². The lowest BCUT2D eigenvalue weighted by molar-refractivity contribution is 0.151. The molecular formula is C10H14FN3O2. The topological polar surface area (TPSA) is 70.3 Å². The van der Waals surface area contributed by atoms with E-state index in [1.807, 2.05) is 19.9 Å². The molecule has 0 bridgehead atoms. The van der Waals surface area contributed by atoms with Crippen LogP contribution in [-0.2, 0) is 4.74 Å². The van der Waals surface area contributed by atoms with E-state index in [9.17, 15) is 4.39 Å². The molecule has 0 aliphatic rings. The number of anilines is 1. The van der Waals surface area contributed by atoms with Crippen molar-refractivity contribution in [1.82, 2.24) is 9.97 Å². The summed E-state index contributed by atoms with van der Waals surface area (Å²) in [5.74, 6) is -0.0768. The summed E-state index contributed by atoms with van der Waals surface area (Å²) in [6.07, 6.45) is 2.81. The molecule has 1 rings (SSSR count). The molecule has 0 saturated carbocycles. The maximum Gasteiger partial charge on any atom is 0.318 e. The third-order valence-electron chi connectivity index (χ3n) is 1.80. The molecule has 16 heavy (non-hydrogen) atoms. The lowest BCUT2D eigenvalue weighted by Gasteiger charge is -2.07. The first-order valence-electron chi connectivity index (χ1n) is 4.80. The lowest BCUT2D eigenvalue weighted by atomic mass is 10.5. The second kappa shape index (κ2) is 5.89. The van der Waals surface area contributed by atoms with Crippen LogP contribution in [0.3, 0.4) is 0 Å². The number of hydrogen-bond acceptors (Lipinski definition) is 5. The maximum absolute atomic E-state index is 12.7. The van der Waals surface area contributed by atoms with E-state index in [1.54, 1.807) is 0 Å². The van der Waals surface area contributed by atoms with Gasteiger partial charge in [0, 0.05) is 0 Å². The highest BCUT2D eigenvalue weighted by Gasteiger charge is 2.03. The van der Waals surface area contributed by atoms with E-state index in [0.29, 0.717) is 6.61 Å². The predicted molar refractivity (Wildman–Crippen MR) is 57.3 cm³/mol. The summed E-state index contributed by atoms with van der Waals surface area (Å²) < 4.78 is 23.1. The average Bonchev–Trinajstić information content (AvgIpc) is 2.28. The Hall–Kier alpha value is -1.85. The van der Waals surface area contributed by atoms with Crippen molar-refractivity contribution in [3.63, 3.8) is 0 Å². The number of halogens is 1. The minimum atomic E-state index is -0.659. The fourth-order valence-electron chi connectivity index (χ4n) is 0.852. The Bertz CT molecular complexity index is 382. The molecular weight excluding hydrogens is 213 g/mol. The monoisotopic (exact) mass is 227 g/mol. The lowest BCUT2D eigenvalue weighted by Crippen LogP contribution is -2.09. The van der Waals surface area contributed by atoms with Gasteiger partial charge in [0.05, 0.1) is 12.0 Å². The SMILES string of the molecule is C/C=C(\C)OCCOc1ncc(F)c(N)n1.